The van der Waals surface area contributed by atoms with Gasteiger partial charge >= 0.3 is 24.2 Å². The summed E-state index contributed by atoms with van der Waals surface area (Å²) in [5.74, 6) is -1.89. The molecule has 1 aromatic carbocycles. The SMILES string of the molecule is CCC(C)(C)OC(=O)Oc1ccc(C[C@H](NCC(C)OC(=O)C(C)C(C)C)C(=O)O)cc1OC(=O)OC(C)(C)CC. The molecule has 0 bridgehead atoms. The van der Waals surface area contributed by atoms with Gasteiger partial charge in [0.2, 0.25) is 0 Å². The predicted octanol–water partition coefficient (Wildman–Crippen LogP) is 5.90. The third-order valence-corrected chi connectivity index (χ3v) is 6.90. The Hall–Kier alpha value is -3.34. The van der Waals surface area contributed by atoms with Crippen molar-refractivity contribution in [3.63, 3.8) is 0 Å². The van der Waals surface area contributed by atoms with Gasteiger partial charge in [-0.2, -0.15) is 0 Å². The Kier molecular flexibility index (Phi) is 13.6. The third-order valence-electron chi connectivity index (χ3n) is 6.90. The molecule has 3 atom stereocenters. The standard InChI is InChI=1S/C30H47NO10/c1-11-29(7,8)40-27(35)38-23-14-13-21(16-24(23)39-28(36)41-30(9,10)12-2)15-22(25(32)33)31-17-19(5)37-26(34)20(6)18(3)4/h13-14,16,18-20,22,31H,11-12,15,17H2,1-10H3,(H,32,33)/t19?,20?,22-/m0/s1. The molecular weight excluding hydrogens is 534 g/mol. The minimum Gasteiger partial charge on any atom is -0.480 e. The maximum Gasteiger partial charge on any atom is 0.514 e. The van der Waals surface area contributed by atoms with E-state index in [4.69, 9.17) is 23.7 Å². The van der Waals surface area contributed by atoms with Gasteiger partial charge in [0.1, 0.15) is 23.3 Å². The number of carboxylic acids is 1. The second-order valence-corrected chi connectivity index (χ2v) is 11.7. The second kappa shape index (κ2) is 15.6. The Balaban J connectivity index is 3.12. The zero-order valence-corrected chi connectivity index (χ0v) is 26.0. The van der Waals surface area contributed by atoms with Crippen LogP contribution >= 0.6 is 0 Å². The first-order valence-electron chi connectivity index (χ1n) is 14.0. The van der Waals surface area contributed by atoms with E-state index in [1.807, 2.05) is 27.7 Å². The van der Waals surface area contributed by atoms with Crippen molar-refractivity contribution in [3.05, 3.63) is 23.8 Å². The minimum absolute atomic E-state index is 0.0160. The van der Waals surface area contributed by atoms with Crippen LogP contribution in [0.5, 0.6) is 11.5 Å². The van der Waals surface area contributed by atoms with Crippen molar-refractivity contribution in [1.29, 1.82) is 0 Å². The van der Waals surface area contributed by atoms with E-state index in [0.717, 1.165) is 0 Å². The van der Waals surface area contributed by atoms with Gasteiger partial charge in [-0.3, -0.25) is 9.59 Å². The molecule has 232 valence electrons. The molecule has 0 saturated carbocycles. The van der Waals surface area contributed by atoms with Crippen molar-refractivity contribution >= 4 is 24.2 Å². The van der Waals surface area contributed by atoms with Gasteiger partial charge in [-0.25, -0.2) is 9.59 Å². The molecule has 1 aromatic rings. The van der Waals surface area contributed by atoms with Crippen molar-refractivity contribution in [2.45, 2.75) is 112 Å². The van der Waals surface area contributed by atoms with Crippen LogP contribution in [-0.4, -0.2) is 59.2 Å². The fourth-order valence-corrected chi connectivity index (χ4v) is 3.07. The molecule has 11 heteroatoms. The first-order valence-corrected chi connectivity index (χ1v) is 14.0. The van der Waals surface area contributed by atoms with Crippen LogP contribution in [0.25, 0.3) is 0 Å². The first kappa shape index (κ1) is 35.7. The van der Waals surface area contributed by atoms with E-state index in [1.165, 1.54) is 12.1 Å². The van der Waals surface area contributed by atoms with Crippen LogP contribution in [0.4, 0.5) is 9.59 Å². The average molecular weight is 582 g/mol. The van der Waals surface area contributed by atoms with E-state index in [2.05, 4.69) is 5.32 Å². The van der Waals surface area contributed by atoms with Gasteiger partial charge < -0.3 is 34.1 Å². The lowest BCUT2D eigenvalue weighted by atomic mass is 9.98. The number of carbonyl (C=O) groups is 4. The van der Waals surface area contributed by atoms with Crippen LogP contribution < -0.4 is 14.8 Å². The van der Waals surface area contributed by atoms with Crippen LogP contribution in [0.1, 0.15) is 87.6 Å². The Morgan fingerprint density at radius 2 is 1.37 bits per heavy atom. The lowest BCUT2D eigenvalue weighted by molar-refractivity contribution is -0.154. The summed E-state index contributed by atoms with van der Waals surface area (Å²) >= 11 is 0. The topological polar surface area (TPSA) is 147 Å². The molecule has 0 aliphatic carbocycles. The summed E-state index contributed by atoms with van der Waals surface area (Å²) in [6.07, 6.45) is -1.51. The molecule has 0 amide bonds. The monoisotopic (exact) mass is 581 g/mol. The summed E-state index contributed by atoms with van der Waals surface area (Å²) in [6, 6.07) is 3.28. The Morgan fingerprint density at radius 3 is 1.83 bits per heavy atom. The van der Waals surface area contributed by atoms with Gasteiger partial charge in [-0.1, -0.05) is 40.7 Å². The van der Waals surface area contributed by atoms with Gasteiger partial charge in [-0.05, 0) is 77.5 Å². The van der Waals surface area contributed by atoms with E-state index < -0.39 is 41.6 Å². The highest BCUT2D eigenvalue weighted by molar-refractivity contribution is 5.74. The van der Waals surface area contributed by atoms with Crippen molar-refractivity contribution in [3.8, 4) is 11.5 Å². The molecule has 0 spiro atoms. The summed E-state index contributed by atoms with van der Waals surface area (Å²) in [6.45, 7) is 18.0. The van der Waals surface area contributed by atoms with Gasteiger partial charge in [0, 0.05) is 6.54 Å². The number of hydrogen-bond acceptors (Lipinski definition) is 10. The molecule has 0 aliphatic rings. The summed E-state index contributed by atoms with van der Waals surface area (Å²) in [7, 11) is 0. The number of benzene rings is 1. The fraction of sp³-hybridized carbons (Fsp3) is 0.667. The molecule has 0 aromatic heterocycles. The lowest BCUT2D eigenvalue weighted by Gasteiger charge is -2.24. The Bertz CT molecular complexity index is 1050. The van der Waals surface area contributed by atoms with Crippen LogP contribution in [-0.2, 0) is 30.2 Å². The zero-order valence-electron chi connectivity index (χ0n) is 26.0. The minimum atomic E-state index is -1.13. The molecule has 1 rings (SSSR count). The lowest BCUT2D eigenvalue weighted by Crippen LogP contribution is -2.43. The number of aliphatic carboxylic acids is 1. The quantitative estimate of drug-likeness (QED) is 0.145. The van der Waals surface area contributed by atoms with Gasteiger partial charge in [0.15, 0.2) is 11.5 Å². The van der Waals surface area contributed by atoms with Crippen molar-refractivity contribution in [2.24, 2.45) is 11.8 Å². The van der Waals surface area contributed by atoms with Gasteiger partial charge in [0.05, 0.1) is 5.92 Å². The average Bonchev–Trinajstić information content (AvgIpc) is 2.86. The summed E-state index contributed by atoms with van der Waals surface area (Å²) in [5, 5.41) is 12.7. The van der Waals surface area contributed by atoms with Crippen LogP contribution in [0.15, 0.2) is 18.2 Å². The maximum atomic E-state index is 12.5. The maximum absolute atomic E-state index is 12.5. The number of ether oxygens (including phenoxy) is 5. The third kappa shape index (κ3) is 12.8. The Labute approximate surface area is 243 Å². The molecule has 0 fully saturated rings. The van der Waals surface area contributed by atoms with Crippen LogP contribution in [0, 0.1) is 11.8 Å². The van der Waals surface area contributed by atoms with E-state index in [0.29, 0.717) is 18.4 Å². The van der Waals surface area contributed by atoms with E-state index in [-0.39, 0.29) is 42.3 Å². The first-order chi connectivity index (χ1) is 18.9. The highest BCUT2D eigenvalue weighted by Gasteiger charge is 2.27. The molecule has 0 heterocycles. The van der Waals surface area contributed by atoms with E-state index in [9.17, 15) is 24.3 Å². The highest BCUT2D eigenvalue weighted by Crippen LogP contribution is 2.31. The van der Waals surface area contributed by atoms with Crippen molar-refractivity contribution in [2.75, 3.05) is 6.54 Å². The predicted molar refractivity (Wildman–Crippen MR) is 152 cm³/mol. The number of nitrogens with one attached hydrogen (secondary N) is 1. The smallest absolute Gasteiger partial charge is 0.480 e. The number of carbonyl (C=O) groups excluding carboxylic acids is 3. The number of esters is 1. The number of hydrogen-bond donors (Lipinski definition) is 2. The molecule has 41 heavy (non-hydrogen) atoms. The molecule has 2 N–H and O–H groups in total. The largest absolute Gasteiger partial charge is 0.514 e. The van der Waals surface area contributed by atoms with E-state index >= 15 is 0 Å². The van der Waals surface area contributed by atoms with Crippen molar-refractivity contribution < 1.29 is 48.0 Å². The molecule has 0 aliphatic heterocycles. The van der Waals surface area contributed by atoms with Gasteiger partial charge in [0.25, 0.3) is 0 Å². The highest BCUT2D eigenvalue weighted by atomic mass is 16.8. The van der Waals surface area contributed by atoms with E-state index in [1.54, 1.807) is 47.6 Å². The summed E-state index contributed by atoms with van der Waals surface area (Å²) in [5.41, 5.74) is -1.11. The number of carboxylic acid groups (broad SMARTS) is 1. The fourth-order valence-electron chi connectivity index (χ4n) is 3.07. The van der Waals surface area contributed by atoms with Crippen LogP contribution in [0.3, 0.4) is 0 Å². The summed E-state index contributed by atoms with van der Waals surface area (Å²) < 4.78 is 26.8. The normalized spacial score (nSPS) is 14.0. The molecular formula is C30H47NO10. The molecule has 0 saturated heterocycles. The Morgan fingerprint density at radius 1 is 0.854 bits per heavy atom. The summed E-state index contributed by atoms with van der Waals surface area (Å²) in [4.78, 5) is 49.2. The molecule has 0 radical (unpaired) electrons. The van der Waals surface area contributed by atoms with Crippen LogP contribution in [0.2, 0.25) is 0 Å². The van der Waals surface area contributed by atoms with Gasteiger partial charge in [-0.15, -0.1) is 0 Å². The molecule has 2 unspecified atom stereocenters. The molecule has 11 nitrogen and oxygen atoms in total. The second-order valence-electron chi connectivity index (χ2n) is 11.7. The van der Waals surface area contributed by atoms with Crippen molar-refractivity contribution in [1.82, 2.24) is 5.32 Å². The zero-order chi connectivity index (χ0) is 31.5. The number of rotatable bonds is 15.